The third-order valence-corrected chi connectivity index (χ3v) is 4.38. The number of para-hydroxylation sites is 1. The van der Waals surface area contributed by atoms with Crippen molar-refractivity contribution in [3.63, 3.8) is 0 Å². The van der Waals surface area contributed by atoms with Crippen LogP contribution < -0.4 is 5.14 Å². The standard InChI is InChI=1S/C13H15F3N2O2S/c1-9-12(21(17,19)20)10-5-2-3-6-11(10)18(9)8-4-7-13(14,15)16/h2-3,5-6H,4,7-8H2,1H3,(H2,17,19,20). The largest absolute Gasteiger partial charge is 0.389 e. The quantitative estimate of drug-likeness (QED) is 0.941. The molecule has 0 aliphatic carbocycles. The lowest BCUT2D eigenvalue weighted by atomic mass is 10.2. The van der Waals surface area contributed by atoms with E-state index in [1.165, 1.54) is 0 Å². The zero-order chi connectivity index (χ0) is 15.8. The normalized spacial score (nSPS) is 13.0. The van der Waals surface area contributed by atoms with Crippen molar-refractivity contribution in [2.45, 2.75) is 37.4 Å². The molecule has 2 N–H and O–H groups in total. The Hall–Kier alpha value is -1.54. The number of halogens is 3. The molecule has 1 aromatic heterocycles. The number of aromatic nitrogens is 1. The zero-order valence-corrected chi connectivity index (χ0v) is 12.1. The lowest BCUT2D eigenvalue weighted by Gasteiger charge is -2.10. The van der Waals surface area contributed by atoms with Gasteiger partial charge in [0.15, 0.2) is 0 Å². The van der Waals surface area contributed by atoms with E-state index < -0.39 is 22.6 Å². The summed E-state index contributed by atoms with van der Waals surface area (Å²) in [6.07, 6.45) is -5.25. The van der Waals surface area contributed by atoms with Crippen molar-refractivity contribution in [2.75, 3.05) is 0 Å². The molecular formula is C13H15F3N2O2S. The van der Waals surface area contributed by atoms with Crippen molar-refractivity contribution in [1.29, 1.82) is 0 Å². The van der Waals surface area contributed by atoms with Gasteiger partial charge in [-0.2, -0.15) is 13.2 Å². The number of alkyl halides is 3. The molecule has 0 radical (unpaired) electrons. The Kier molecular flexibility index (Phi) is 4.03. The van der Waals surface area contributed by atoms with Gasteiger partial charge in [-0.15, -0.1) is 0 Å². The third-order valence-electron chi connectivity index (χ3n) is 3.30. The molecule has 1 heterocycles. The second-order valence-electron chi connectivity index (χ2n) is 4.85. The molecule has 0 fully saturated rings. The summed E-state index contributed by atoms with van der Waals surface area (Å²) in [6.45, 7) is 1.63. The molecule has 0 spiro atoms. The van der Waals surface area contributed by atoms with Crippen LogP contribution in [0, 0.1) is 6.92 Å². The average molecular weight is 320 g/mol. The Morgan fingerprint density at radius 3 is 2.43 bits per heavy atom. The molecule has 2 aromatic rings. The van der Waals surface area contributed by atoms with Crippen LogP contribution in [0.1, 0.15) is 18.5 Å². The van der Waals surface area contributed by atoms with Gasteiger partial charge >= 0.3 is 6.18 Å². The summed E-state index contributed by atoms with van der Waals surface area (Å²) in [5.74, 6) is 0. The Morgan fingerprint density at radius 2 is 1.86 bits per heavy atom. The number of nitrogens with two attached hydrogens (primary N) is 1. The van der Waals surface area contributed by atoms with E-state index in [0.29, 0.717) is 16.6 Å². The minimum Gasteiger partial charge on any atom is -0.343 e. The van der Waals surface area contributed by atoms with E-state index >= 15 is 0 Å². The number of fused-ring (bicyclic) bond motifs is 1. The van der Waals surface area contributed by atoms with Crippen LogP contribution in [0.25, 0.3) is 10.9 Å². The summed E-state index contributed by atoms with van der Waals surface area (Å²) >= 11 is 0. The van der Waals surface area contributed by atoms with Gasteiger partial charge in [0.1, 0.15) is 4.90 Å². The van der Waals surface area contributed by atoms with Crippen molar-refractivity contribution in [3.8, 4) is 0 Å². The molecule has 21 heavy (non-hydrogen) atoms. The highest BCUT2D eigenvalue weighted by molar-refractivity contribution is 7.89. The molecule has 116 valence electrons. The number of aryl methyl sites for hydroxylation is 1. The molecule has 0 saturated heterocycles. The summed E-state index contributed by atoms with van der Waals surface area (Å²) in [5, 5.41) is 5.65. The van der Waals surface area contributed by atoms with Crippen molar-refractivity contribution in [1.82, 2.24) is 4.57 Å². The molecule has 4 nitrogen and oxygen atoms in total. The van der Waals surface area contributed by atoms with Gasteiger partial charge in [0.2, 0.25) is 10.0 Å². The Bertz CT molecular complexity index is 764. The van der Waals surface area contributed by atoms with E-state index in [9.17, 15) is 21.6 Å². The summed E-state index contributed by atoms with van der Waals surface area (Å²) in [6, 6.07) is 6.64. The summed E-state index contributed by atoms with van der Waals surface area (Å²) in [4.78, 5) is -0.0230. The monoisotopic (exact) mass is 320 g/mol. The Balaban J connectivity index is 2.47. The number of sulfonamides is 1. The Labute approximate surface area is 120 Å². The predicted molar refractivity (Wildman–Crippen MR) is 73.3 cm³/mol. The highest BCUT2D eigenvalue weighted by Gasteiger charge is 2.27. The van der Waals surface area contributed by atoms with Crippen LogP contribution in [-0.4, -0.2) is 19.2 Å². The minimum absolute atomic E-state index is 0.0230. The van der Waals surface area contributed by atoms with Crippen LogP contribution in [0.2, 0.25) is 0 Å². The average Bonchev–Trinajstić information content (AvgIpc) is 2.60. The molecule has 1 aromatic carbocycles. The van der Waals surface area contributed by atoms with Crippen molar-refractivity contribution in [3.05, 3.63) is 30.0 Å². The van der Waals surface area contributed by atoms with Gasteiger partial charge in [-0.1, -0.05) is 18.2 Å². The molecule has 0 saturated carbocycles. The van der Waals surface area contributed by atoms with Crippen molar-refractivity contribution >= 4 is 20.9 Å². The highest BCUT2D eigenvalue weighted by atomic mass is 32.2. The SMILES string of the molecule is Cc1c(S(N)(=O)=O)c2ccccc2n1CCCC(F)(F)F. The first kappa shape index (κ1) is 15.8. The number of primary sulfonamides is 1. The smallest absolute Gasteiger partial charge is 0.343 e. The van der Waals surface area contributed by atoms with E-state index in [0.717, 1.165) is 0 Å². The first-order valence-electron chi connectivity index (χ1n) is 6.28. The maximum Gasteiger partial charge on any atom is 0.389 e. The minimum atomic E-state index is -4.22. The molecule has 2 rings (SSSR count). The molecule has 0 amide bonds. The van der Waals surface area contributed by atoms with E-state index in [-0.39, 0.29) is 17.9 Å². The molecule has 0 bridgehead atoms. The van der Waals surface area contributed by atoms with Crippen LogP contribution in [-0.2, 0) is 16.6 Å². The van der Waals surface area contributed by atoms with Crippen LogP contribution in [0.15, 0.2) is 29.2 Å². The lowest BCUT2D eigenvalue weighted by Crippen LogP contribution is -2.14. The van der Waals surface area contributed by atoms with Gasteiger partial charge in [-0.25, -0.2) is 13.6 Å². The number of rotatable bonds is 4. The van der Waals surface area contributed by atoms with Gasteiger partial charge in [0.05, 0.1) is 0 Å². The number of benzene rings is 1. The van der Waals surface area contributed by atoms with Crippen LogP contribution >= 0.6 is 0 Å². The van der Waals surface area contributed by atoms with Gasteiger partial charge < -0.3 is 4.57 Å². The van der Waals surface area contributed by atoms with E-state index in [4.69, 9.17) is 5.14 Å². The molecule has 8 heteroatoms. The summed E-state index contributed by atoms with van der Waals surface area (Å²) < 4.78 is 61.7. The topological polar surface area (TPSA) is 65.1 Å². The van der Waals surface area contributed by atoms with Gasteiger partial charge in [-0.3, -0.25) is 0 Å². The van der Waals surface area contributed by atoms with Gasteiger partial charge in [0, 0.05) is 29.6 Å². The number of hydrogen-bond acceptors (Lipinski definition) is 2. The maximum atomic E-state index is 12.2. The second kappa shape index (κ2) is 5.34. The molecular weight excluding hydrogens is 305 g/mol. The van der Waals surface area contributed by atoms with E-state index in [1.54, 1.807) is 35.8 Å². The Morgan fingerprint density at radius 1 is 1.24 bits per heavy atom. The molecule has 0 unspecified atom stereocenters. The maximum absolute atomic E-state index is 12.2. The van der Waals surface area contributed by atoms with Crippen molar-refractivity contribution in [2.24, 2.45) is 5.14 Å². The summed E-state index contributed by atoms with van der Waals surface area (Å²) in [7, 11) is -3.94. The molecule has 0 aliphatic heterocycles. The molecule has 0 atom stereocenters. The van der Waals surface area contributed by atoms with Gasteiger partial charge in [-0.05, 0) is 19.4 Å². The van der Waals surface area contributed by atoms with Crippen LogP contribution in [0.5, 0.6) is 0 Å². The molecule has 0 aliphatic rings. The fourth-order valence-electron chi connectivity index (χ4n) is 2.48. The fraction of sp³-hybridized carbons (Fsp3) is 0.385. The third kappa shape index (κ3) is 3.38. The first-order chi connectivity index (χ1) is 9.61. The van der Waals surface area contributed by atoms with Crippen molar-refractivity contribution < 1.29 is 21.6 Å². The van der Waals surface area contributed by atoms with E-state index in [1.807, 2.05) is 0 Å². The van der Waals surface area contributed by atoms with Crippen LogP contribution in [0.4, 0.5) is 13.2 Å². The van der Waals surface area contributed by atoms with Crippen LogP contribution in [0.3, 0.4) is 0 Å². The highest BCUT2D eigenvalue weighted by Crippen LogP contribution is 2.30. The fourth-order valence-corrected chi connectivity index (χ4v) is 3.49. The number of hydrogen-bond donors (Lipinski definition) is 1. The lowest BCUT2D eigenvalue weighted by molar-refractivity contribution is -0.135. The van der Waals surface area contributed by atoms with E-state index in [2.05, 4.69) is 0 Å². The zero-order valence-electron chi connectivity index (χ0n) is 11.3. The first-order valence-corrected chi connectivity index (χ1v) is 7.83. The van der Waals surface area contributed by atoms with Gasteiger partial charge in [0.25, 0.3) is 0 Å². The summed E-state index contributed by atoms with van der Waals surface area (Å²) in [5.41, 5.74) is 0.932. The second-order valence-corrected chi connectivity index (χ2v) is 6.35. The number of nitrogens with zero attached hydrogens (tertiary/aromatic N) is 1. The predicted octanol–water partition coefficient (Wildman–Crippen LogP) is 2.94.